The van der Waals surface area contributed by atoms with Gasteiger partial charge in [-0.25, -0.2) is 4.79 Å². The van der Waals surface area contributed by atoms with Crippen molar-refractivity contribution in [1.29, 1.82) is 0 Å². The molecule has 2 rings (SSSR count). The summed E-state index contributed by atoms with van der Waals surface area (Å²) in [7, 11) is 0. The Hall–Kier alpha value is -1.16. The maximum atomic E-state index is 11.9. The number of carbonyl (C=O) groups excluding carboxylic acids is 1. The summed E-state index contributed by atoms with van der Waals surface area (Å²) >= 11 is 1.70. The predicted octanol–water partition coefficient (Wildman–Crippen LogP) is 4.25. The van der Waals surface area contributed by atoms with Gasteiger partial charge >= 0.3 is 6.03 Å². The number of benzene rings is 1. The van der Waals surface area contributed by atoms with Crippen molar-refractivity contribution in [3.8, 4) is 0 Å². The molecule has 1 aromatic carbocycles. The summed E-state index contributed by atoms with van der Waals surface area (Å²) in [5, 5.41) is 5.98. The number of nitrogens with one attached hydrogen (secondary N) is 2. The summed E-state index contributed by atoms with van der Waals surface area (Å²) in [5.74, 6) is 0. The molecule has 4 heteroatoms. The minimum absolute atomic E-state index is 0.0798. The van der Waals surface area contributed by atoms with Crippen molar-refractivity contribution >= 4 is 23.5 Å². The van der Waals surface area contributed by atoms with Crippen molar-refractivity contribution in [1.82, 2.24) is 5.32 Å². The van der Waals surface area contributed by atoms with Crippen LogP contribution in [0.4, 0.5) is 10.5 Å². The summed E-state index contributed by atoms with van der Waals surface area (Å²) in [6, 6.07) is 8.19. The summed E-state index contributed by atoms with van der Waals surface area (Å²) in [6.45, 7) is 0. The fourth-order valence-corrected chi connectivity index (χ4v) is 2.86. The molecule has 0 saturated heterocycles. The SMILES string of the molecule is CSc1ccc(NC(=O)NC2CCCCCC2)cc1. The van der Waals surface area contributed by atoms with Gasteiger partial charge in [0.2, 0.25) is 0 Å². The predicted molar refractivity (Wildman–Crippen MR) is 81.9 cm³/mol. The van der Waals surface area contributed by atoms with Gasteiger partial charge in [-0.15, -0.1) is 11.8 Å². The zero-order chi connectivity index (χ0) is 13.5. The van der Waals surface area contributed by atoms with Crippen LogP contribution < -0.4 is 10.6 Å². The quantitative estimate of drug-likeness (QED) is 0.641. The highest BCUT2D eigenvalue weighted by Gasteiger charge is 2.14. The van der Waals surface area contributed by atoms with E-state index in [-0.39, 0.29) is 6.03 Å². The number of hydrogen-bond donors (Lipinski definition) is 2. The van der Waals surface area contributed by atoms with Crippen LogP contribution in [0.2, 0.25) is 0 Å². The molecule has 3 nitrogen and oxygen atoms in total. The zero-order valence-corrected chi connectivity index (χ0v) is 12.3. The summed E-state index contributed by atoms with van der Waals surface area (Å²) in [4.78, 5) is 13.1. The van der Waals surface area contributed by atoms with Crippen LogP contribution in [0.5, 0.6) is 0 Å². The average molecular weight is 278 g/mol. The molecule has 1 aliphatic rings. The molecule has 2 N–H and O–H groups in total. The first kappa shape index (κ1) is 14.3. The Morgan fingerprint density at radius 1 is 1.11 bits per heavy atom. The van der Waals surface area contributed by atoms with Crippen molar-refractivity contribution in [3.05, 3.63) is 24.3 Å². The second-order valence-electron chi connectivity index (χ2n) is 5.02. The molecular weight excluding hydrogens is 256 g/mol. The van der Waals surface area contributed by atoms with E-state index in [1.165, 1.54) is 30.6 Å². The first-order valence-electron chi connectivity index (χ1n) is 6.99. The smallest absolute Gasteiger partial charge is 0.319 e. The molecule has 0 spiro atoms. The summed E-state index contributed by atoms with van der Waals surface area (Å²) in [5.41, 5.74) is 0.851. The second kappa shape index (κ2) is 7.43. The molecule has 1 aliphatic carbocycles. The van der Waals surface area contributed by atoms with Gasteiger partial charge in [0.15, 0.2) is 0 Å². The van der Waals surface area contributed by atoms with Crippen molar-refractivity contribution in [2.45, 2.75) is 49.5 Å². The molecule has 0 heterocycles. The van der Waals surface area contributed by atoms with Gasteiger partial charge in [0.1, 0.15) is 0 Å². The number of urea groups is 1. The molecule has 1 fully saturated rings. The number of rotatable bonds is 3. The first-order chi connectivity index (χ1) is 9.28. The van der Waals surface area contributed by atoms with Crippen LogP contribution in [-0.2, 0) is 0 Å². The molecule has 1 saturated carbocycles. The minimum atomic E-state index is -0.0798. The van der Waals surface area contributed by atoms with Crippen molar-refractivity contribution < 1.29 is 4.79 Å². The van der Waals surface area contributed by atoms with Crippen LogP contribution >= 0.6 is 11.8 Å². The van der Waals surface area contributed by atoms with Gasteiger partial charge in [-0.2, -0.15) is 0 Å². The third-order valence-corrected chi connectivity index (χ3v) is 4.28. The molecule has 104 valence electrons. The molecule has 0 radical (unpaired) electrons. The van der Waals surface area contributed by atoms with Crippen molar-refractivity contribution in [3.63, 3.8) is 0 Å². The summed E-state index contributed by atoms with van der Waals surface area (Å²) in [6.07, 6.45) is 9.32. The fraction of sp³-hybridized carbons (Fsp3) is 0.533. The number of hydrogen-bond acceptors (Lipinski definition) is 2. The zero-order valence-electron chi connectivity index (χ0n) is 11.4. The molecule has 0 bridgehead atoms. The van der Waals surface area contributed by atoms with E-state index < -0.39 is 0 Å². The normalized spacial score (nSPS) is 16.7. The van der Waals surface area contributed by atoms with Crippen LogP contribution in [0.1, 0.15) is 38.5 Å². The fourth-order valence-electron chi connectivity index (χ4n) is 2.45. The van der Waals surface area contributed by atoms with Crippen molar-refractivity contribution in [2.24, 2.45) is 0 Å². The Kier molecular flexibility index (Phi) is 5.58. The second-order valence-corrected chi connectivity index (χ2v) is 5.90. The number of thioether (sulfide) groups is 1. The van der Waals surface area contributed by atoms with Crippen LogP contribution in [0, 0.1) is 0 Å². The highest BCUT2D eigenvalue weighted by Crippen LogP contribution is 2.19. The molecule has 19 heavy (non-hydrogen) atoms. The number of amides is 2. The van der Waals surface area contributed by atoms with Gasteiger partial charge in [-0.3, -0.25) is 0 Å². The standard InChI is InChI=1S/C15H22N2OS/c1-19-14-10-8-13(9-11-14)17-15(18)16-12-6-4-2-3-5-7-12/h8-12H,2-7H2,1H3,(H2,16,17,18). The van der Waals surface area contributed by atoms with Gasteiger partial charge in [-0.05, 0) is 43.4 Å². The van der Waals surface area contributed by atoms with E-state index in [1.807, 2.05) is 30.5 Å². The van der Waals surface area contributed by atoms with E-state index in [0.29, 0.717) is 6.04 Å². The topological polar surface area (TPSA) is 41.1 Å². The Morgan fingerprint density at radius 3 is 2.32 bits per heavy atom. The maximum absolute atomic E-state index is 11.9. The van der Waals surface area contributed by atoms with Crippen molar-refractivity contribution in [2.75, 3.05) is 11.6 Å². The highest BCUT2D eigenvalue weighted by atomic mass is 32.2. The van der Waals surface area contributed by atoms with Crippen LogP contribution in [-0.4, -0.2) is 18.3 Å². The third kappa shape index (κ3) is 4.78. The Labute approximate surface area is 119 Å². The van der Waals surface area contributed by atoms with Gasteiger partial charge < -0.3 is 10.6 Å². The van der Waals surface area contributed by atoms with Crippen LogP contribution in [0.3, 0.4) is 0 Å². The maximum Gasteiger partial charge on any atom is 0.319 e. The molecule has 0 aromatic heterocycles. The van der Waals surface area contributed by atoms with Gasteiger partial charge in [0, 0.05) is 16.6 Å². The Bertz CT molecular complexity index is 397. The first-order valence-corrected chi connectivity index (χ1v) is 8.22. The molecular formula is C15H22N2OS. The van der Waals surface area contributed by atoms with Crippen LogP contribution in [0.15, 0.2) is 29.2 Å². The molecule has 0 atom stereocenters. The minimum Gasteiger partial charge on any atom is -0.335 e. The lowest BCUT2D eigenvalue weighted by Gasteiger charge is -2.16. The highest BCUT2D eigenvalue weighted by molar-refractivity contribution is 7.98. The van der Waals surface area contributed by atoms with E-state index in [1.54, 1.807) is 11.8 Å². The number of carbonyl (C=O) groups is 1. The molecule has 1 aromatic rings. The van der Waals surface area contributed by atoms with Gasteiger partial charge in [0.05, 0.1) is 0 Å². The lowest BCUT2D eigenvalue weighted by molar-refractivity contribution is 0.247. The van der Waals surface area contributed by atoms with E-state index in [9.17, 15) is 4.79 Å². The molecule has 2 amide bonds. The van der Waals surface area contributed by atoms with Gasteiger partial charge in [-0.1, -0.05) is 25.7 Å². The van der Waals surface area contributed by atoms with Crippen LogP contribution in [0.25, 0.3) is 0 Å². The Morgan fingerprint density at radius 2 is 1.74 bits per heavy atom. The number of anilines is 1. The van der Waals surface area contributed by atoms with E-state index in [4.69, 9.17) is 0 Å². The lowest BCUT2D eigenvalue weighted by atomic mass is 10.1. The average Bonchev–Trinajstić information content (AvgIpc) is 2.68. The molecule has 0 aliphatic heterocycles. The summed E-state index contributed by atoms with van der Waals surface area (Å²) < 4.78 is 0. The van der Waals surface area contributed by atoms with E-state index in [2.05, 4.69) is 10.6 Å². The van der Waals surface area contributed by atoms with Gasteiger partial charge in [0.25, 0.3) is 0 Å². The van der Waals surface area contributed by atoms with E-state index in [0.717, 1.165) is 18.5 Å². The third-order valence-electron chi connectivity index (χ3n) is 3.54. The lowest BCUT2D eigenvalue weighted by Crippen LogP contribution is -2.37. The molecule has 0 unspecified atom stereocenters. The van der Waals surface area contributed by atoms with E-state index >= 15 is 0 Å². The monoisotopic (exact) mass is 278 g/mol. The largest absolute Gasteiger partial charge is 0.335 e. The Balaban J connectivity index is 1.82.